The van der Waals surface area contributed by atoms with Crippen molar-refractivity contribution in [1.29, 1.82) is 0 Å². The Morgan fingerprint density at radius 1 is 1.00 bits per heavy atom. The lowest BCUT2D eigenvalue weighted by atomic mass is 10.1. The minimum atomic E-state index is -0.903. The van der Waals surface area contributed by atoms with Crippen molar-refractivity contribution < 1.29 is 17.9 Å². The summed E-state index contributed by atoms with van der Waals surface area (Å²) >= 11 is 0. The van der Waals surface area contributed by atoms with E-state index in [-0.39, 0.29) is 16.9 Å². The van der Waals surface area contributed by atoms with Gasteiger partial charge >= 0.3 is 0 Å². The normalized spacial score (nSPS) is 15.7. The zero-order valence-corrected chi connectivity index (χ0v) is 19.6. The van der Waals surface area contributed by atoms with Crippen LogP contribution in [0, 0.1) is 17.5 Å². The van der Waals surface area contributed by atoms with Crippen molar-refractivity contribution in [3.63, 3.8) is 0 Å². The second-order valence-electron chi connectivity index (χ2n) is 8.77. The van der Waals surface area contributed by atoms with Gasteiger partial charge in [0.25, 0.3) is 5.88 Å². The molecule has 0 amide bonds. The summed E-state index contributed by atoms with van der Waals surface area (Å²) in [6, 6.07) is 8.55. The van der Waals surface area contributed by atoms with Crippen LogP contribution in [0.5, 0.6) is 11.6 Å². The number of aromatic nitrogens is 2. The van der Waals surface area contributed by atoms with E-state index >= 15 is 4.39 Å². The van der Waals surface area contributed by atoms with Crippen LogP contribution >= 0.6 is 0 Å². The zero-order chi connectivity index (χ0) is 24.5. The molecule has 0 spiro atoms. The van der Waals surface area contributed by atoms with E-state index in [4.69, 9.17) is 4.74 Å². The van der Waals surface area contributed by atoms with Gasteiger partial charge in [0.05, 0.1) is 0 Å². The molecule has 5 rings (SSSR count). The van der Waals surface area contributed by atoms with Crippen LogP contribution in [0.3, 0.4) is 0 Å². The molecule has 1 aliphatic heterocycles. The van der Waals surface area contributed by atoms with Crippen LogP contribution in [0.4, 0.5) is 30.4 Å². The SMILES string of the molecule is CCN1CCN(c2ccc(Nc3ncnc(Oc4cc(F)c5c(c4F)C=C(C)C5)c3F)cc2)CC1. The minimum Gasteiger partial charge on any atom is -0.433 e. The Balaban J connectivity index is 1.32. The van der Waals surface area contributed by atoms with Crippen LogP contribution < -0.4 is 15.0 Å². The molecule has 1 aliphatic carbocycles. The fourth-order valence-corrected chi connectivity index (χ4v) is 4.47. The molecule has 0 atom stereocenters. The first kappa shape index (κ1) is 23.2. The number of hydrogen-bond donors (Lipinski definition) is 1. The van der Waals surface area contributed by atoms with Gasteiger partial charge in [-0.1, -0.05) is 18.6 Å². The van der Waals surface area contributed by atoms with E-state index in [1.807, 2.05) is 24.3 Å². The topological polar surface area (TPSA) is 53.5 Å². The smallest absolute Gasteiger partial charge is 0.261 e. The molecule has 2 heterocycles. The van der Waals surface area contributed by atoms with Gasteiger partial charge in [0, 0.05) is 54.7 Å². The molecule has 35 heavy (non-hydrogen) atoms. The molecule has 1 N–H and O–H groups in total. The van der Waals surface area contributed by atoms with Gasteiger partial charge in [-0.3, -0.25) is 0 Å². The van der Waals surface area contributed by atoms with Crippen LogP contribution in [0.25, 0.3) is 6.08 Å². The molecular weight excluding hydrogens is 455 g/mol. The molecule has 3 aromatic rings. The van der Waals surface area contributed by atoms with E-state index in [1.165, 1.54) is 0 Å². The maximum absolute atomic E-state index is 15.1. The van der Waals surface area contributed by atoms with Crippen LogP contribution in [-0.2, 0) is 6.42 Å². The van der Waals surface area contributed by atoms with Crippen LogP contribution in [0.2, 0.25) is 0 Å². The van der Waals surface area contributed by atoms with Crippen molar-refractivity contribution in [2.45, 2.75) is 20.3 Å². The van der Waals surface area contributed by atoms with Gasteiger partial charge in [0.1, 0.15) is 12.1 Å². The van der Waals surface area contributed by atoms with Crippen molar-refractivity contribution in [1.82, 2.24) is 14.9 Å². The zero-order valence-electron chi connectivity index (χ0n) is 19.6. The summed E-state index contributed by atoms with van der Waals surface area (Å²) in [6.45, 7) is 8.97. The first-order valence-electron chi connectivity index (χ1n) is 11.6. The van der Waals surface area contributed by atoms with Gasteiger partial charge in [0.15, 0.2) is 17.4 Å². The molecule has 1 fully saturated rings. The van der Waals surface area contributed by atoms with Crippen molar-refractivity contribution in [2.24, 2.45) is 0 Å². The van der Waals surface area contributed by atoms with Crippen LogP contribution in [-0.4, -0.2) is 47.6 Å². The van der Waals surface area contributed by atoms with Crippen LogP contribution in [0.15, 0.2) is 42.2 Å². The molecule has 1 aromatic heterocycles. The third-order valence-corrected chi connectivity index (χ3v) is 6.45. The fourth-order valence-electron chi connectivity index (χ4n) is 4.47. The number of ether oxygens (including phenoxy) is 1. The molecule has 1 saturated heterocycles. The number of likely N-dealkylation sites (N-methyl/N-ethyl adjacent to an activating group) is 1. The predicted molar refractivity (Wildman–Crippen MR) is 130 cm³/mol. The first-order valence-corrected chi connectivity index (χ1v) is 11.6. The Morgan fingerprint density at radius 3 is 2.46 bits per heavy atom. The number of allylic oxidation sites excluding steroid dienone is 1. The number of fused-ring (bicyclic) bond motifs is 1. The number of halogens is 3. The maximum atomic E-state index is 15.1. The molecule has 0 bridgehead atoms. The van der Waals surface area contributed by atoms with E-state index in [0.29, 0.717) is 12.1 Å². The summed E-state index contributed by atoms with van der Waals surface area (Å²) in [6.07, 6.45) is 3.01. The Morgan fingerprint density at radius 2 is 1.74 bits per heavy atom. The van der Waals surface area contributed by atoms with E-state index in [1.54, 1.807) is 13.0 Å². The largest absolute Gasteiger partial charge is 0.433 e. The summed E-state index contributed by atoms with van der Waals surface area (Å²) in [7, 11) is 0. The number of benzene rings is 2. The summed E-state index contributed by atoms with van der Waals surface area (Å²) < 4.78 is 49.8. The number of nitrogens with zero attached hydrogens (tertiary/aromatic N) is 4. The monoisotopic (exact) mass is 481 g/mol. The molecule has 0 radical (unpaired) electrons. The maximum Gasteiger partial charge on any atom is 0.261 e. The predicted octanol–water partition coefficient (Wildman–Crippen LogP) is 5.53. The number of anilines is 3. The standard InChI is InChI=1S/C26H26F3N5O/c1-3-33-8-10-34(11-9-33)18-6-4-17(5-7-18)32-25-24(29)26(31-15-30-25)35-22-14-21(27)19-12-16(2)13-20(19)23(22)28/h4-7,13-15H,3,8-12H2,1-2H3,(H,30,31,32). The molecule has 0 saturated carbocycles. The number of nitrogens with one attached hydrogen (secondary N) is 1. The van der Waals surface area contributed by atoms with Crippen molar-refractivity contribution in [2.75, 3.05) is 42.9 Å². The molecule has 2 aromatic carbocycles. The Labute approximate surface area is 202 Å². The fraction of sp³-hybridized carbons (Fsp3) is 0.308. The third kappa shape index (κ3) is 4.68. The highest BCUT2D eigenvalue weighted by molar-refractivity contribution is 5.66. The van der Waals surface area contributed by atoms with Crippen molar-refractivity contribution >= 4 is 23.3 Å². The van der Waals surface area contributed by atoms with Gasteiger partial charge in [-0.25, -0.2) is 13.8 Å². The summed E-state index contributed by atoms with van der Waals surface area (Å²) in [5.74, 6) is -3.31. The van der Waals surface area contributed by atoms with Crippen LogP contribution in [0.1, 0.15) is 25.0 Å². The van der Waals surface area contributed by atoms with Gasteiger partial charge in [-0.05, 0) is 44.2 Å². The minimum absolute atomic E-state index is 0.126. The van der Waals surface area contributed by atoms with E-state index in [9.17, 15) is 8.78 Å². The number of piperazine rings is 1. The average molecular weight is 482 g/mol. The lowest BCUT2D eigenvalue weighted by molar-refractivity contribution is 0.271. The van der Waals surface area contributed by atoms with Gasteiger partial charge in [-0.2, -0.15) is 9.37 Å². The summed E-state index contributed by atoms with van der Waals surface area (Å²) in [5, 5.41) is 2.91. The molecule has 0 unspecified atom stereocenters. The van der Waals surface area contributed by atoms with E-state index in [0.717, 1.165) is 56.4 Å². The quantitative estimate of drug-likeness (QED) is 0.500. The van der Waals surface area contributed by atoms with E-state index in [2.05, 4.69) is 32.0 Å². The number of hydrogen-bond acceptors (Lipinski definition) is 6. The molecule has 9 heteroatoms. The van der Waals surface area contributed by atoms with Gasteiger partial charge < -0.3 is 19.9 Å². The first-order chi connectivity index (χ1) is 16.9. The van der Waals surface area contributed by atoms with Gasteiger partial charge in [-0.15, -0.1) is 0 Å². The number of rotatable bonds is 6. The summed E-state index contributed by atoms with van der Waals surface area (Å²) in [4.78, 5) is 12.4. The molecule has 182 valence electrons. The Hall–Kier alpha value is -3.59. The van der Waals surface area contributed by atoms with Gasteiger partial charge in [0.2, 0.25) is 5.82 Å². The highest BCUT2D eigenvalue weighted by Gasteiger charge is 2.24. The highest BCUT2D eigenvalue weighted by Crippen LogP contribution is 2.37. The average Bonchev–Trinajstić information content (AvgIpc) is 3.28. The highest BCUT2D eigenvalue weighted by atomic mass is 19.1. The lowest BCUT2D eigenvalue weighted by Crippen LogP contribution is -2.46. The lowest BCUT2D eigenvalue weighted by Gasteiger charge is -2.35. The second kappa shape index (κ2) is 9.58. The van der Waals surface area contributed by atoms with E-state index < -0.39 is 29.1 Å². The Bertz CT molecular complexity index is 1270. The molecular formula is C26H26F3N5O. The van der Waals surface area contributed by atoms with Crippen molar-refractivity contribution in [3.8, 4) is 11.6 Å². The summed E-state index contributed by atoms with van der Waals surface area (Å²) in [5.41, 5.74) is 2.95. The van der Waals surface area contributed by atoms with Crippen molar-refractivity contribution in [3.05, 3.63) is 70.8 Å². The Kier molecular flexibility index (Phi) is 6.34. The molecule has 2 aliphatic rings. The molecule has 6 nitrogen and oxygen atoms in total. The third-order valence-electron chi connectivity index (χ3n) is 6.45. The second-order valence-corrected chi connectivity index (χ2v) is 8.77.